The number of nitrogens with zero attached hydrogens (tertiary/aromatic N) is 4. The summed E-state index contributed by atoms with van der Waals surface area (Å²) in [5.74, 6) is 1.24. The van der Waals surface area contributed by atoms with Gasteiger partial charge in [-0.1, -0.05) is 6.07 Å². The molecule has 4 aromatic rings. The lowest BCUT2D eigenvalue weighted by molar-refractivity contribution is 0.252. The molecule has 4 rings (SSSR count). The first-order valence-corrected chi connectivity index (χ1v) is 9.81. The van der Waals surface area contributed by atoms with Gasteiger partial charge in [-0.15, -0.1) is 0 Å². The van der Waals surface area contributed by atoms with Crippen LogP contribution in [-0.2, 0) is 7.05 Å². The van der Waals surface area contributed by atoms with Crippen molar-refractivity contribution < 1.29 is 14.3 Å². The minimum absolute atomic E-state index is 0.283. The number of carbonyl (C=O) groups is 1. The summed E-state index contributed by atoms with van der Waals surface area (Å²) < 4.78 is 14.7. The van der Waals surface area contributed by atoms with Gasteiger partial charge in [0.05, 0.1) is 32.3 Å². The van der Waals surface area contributed by atoms with E-state index in [1.54, 1.807) is 35.8 Å². The van der Waals surface area contributed by atoms with Crippen molar-refractivity contribution in [2.75, 3.05) is 26.1 Å². The van der Waals surface area contributed by atoms with E-state index in [-0.39, 0.29) is 6.03 Å². The van der Waals surface area contributed by atoms with Crippen molar-refractivity contribution in [2.24, 2.45) is 7.05 Å². The fourth-order valence-corrected chi connectivity index (χ4v) is 3.47. The lowest BCUT2D eigenvalue weighted by Gasteiger charge is -2.13. The zero-order valence-corrected chi connectivity index (χ0v) is 17.8. The second-order valence-corrected chi connectivity index (χ2v) is 6.95. The van der Waals surface area contributed by atoms with Crippen LogP contribution in [0.5, 0.6) is 11.5 Å². The van der Waals surface area contributed by atoms with E-state index < -0.39 is 0 Å². The van der Waals surface area contributed by atoms with Gasteiger partial charge in [0.1, 0.15) is 17.0 Å². The molecular formula is C22H24N6O3. The SMILES string of the molecule is CCNC(=O)Nc1ccc(-c2cnn3cc(-c4cnn(C)c4)cc(OC)c23)cc1OC. The molecule has 0 atom stereocenters. The number of methoxy groups -OCH3 is 2. The van der Waals surface area contributed by atoms with Crippen LogP contribution in [0.4, 0.5) is 10.5 Å². The Morgan fingerprint density at radius 3 is 2.45 bits per heavy atom. The Morgan fingerprint density at radius 2 is 1.77 bits per heavy atom. The van der Waals surface area contributed by atoms with Crippen molar-refractivity contribution in [1.29, 1.82) is 0 Å². The molecule has 160 valence electrons. The van der Waals surface area contributed by atoms with Gasteiger partial charge in [-0.2, -0.15) is 10.2 Å². The summed E-state index contributed by atoms with van der Waals surface area (Å²) in [4.78, 5) is 11.9. The first kappa shape index (κ1) is 20.3. The predicted octanol–water partition coefficient (Wildman–Crippen LogP) is 3.56. The van der Waals surface area contributed by atoms with E-state index in [9.17, 15) is 4.79 Å². The zero-order valence-electron chi connectivity index (χ0n) is 17.8. The van der Waals surface area contributed by atoms with Gasteiger partial charge < -0.3 is 20.1 Å². The predicted molar refractivity (Wildman–Crippen MR) is 119 cm³/mol. The number of amides is 2. The van der Waals surface area contributed by atoms with Crippen LogP contribution in [0.15, 0.2) is 49.1 Å². The molecule has 0 fully saturated rings. The second kappa shape index (κ2) is 8.39. The zero-order chi connectivity index (χ0) is 22.0. The highest BCUT2D eigenvalue weighted by atomic mass is 16.5. The number of urea groups is 1. The van der Waals surface area contributed by atoms with Gasteiger partial charge in [0, 0.05) is 42.7 Å². The number of anilines is 1. The number of benzene rings is 1. The Morgan fingerprint density at radius 1 is 1.00 bits per heavy atom. The Hall–Kier alpha value is -4.01. The van der Waals surface area contributed by atoms with Gasteiger partial charge in [0.15, 0.2) is 0 Å². The van der Waals surface area contributed by atoms with E-state index in [2.05, 4.69) is 20.8 Å². The number of fused-ring (bicyclic) bond motifs is 1. The van der Waals surface area contributed by atoms with Crippen molar-refractivity contribution in [2.45, 2.75) is 6.92 Å². The number of pyridine rings is 1. The number of carbonyl (C=O) groups excluding carboxylic acids is 1. The van der Waals surface area contributed by atoms with Crippen LogP contribution in [0.3, 0.4) is 0 Å². The smallest absolute Gasteiger partial charge is 0.319 e. The molecular weight excluding hydrogens is 396 g/mol. The molecule has 0 spiro atoms. The van der Waals surface area contributed by atoms with Gasteiger partial charge in [-0.05, 0) is 30.7 Å². The third-order valence-corrected chi connectivity index (χ3v) is 4.93. The number of aromatic nitrogens is 4. The molecule has 3 heterocycles. The molecule has 0 radical (unpaired) electrons. The van der Waals surface area contributed by atoms with Gasteiger partial charge in [-0.3, -0.25) is 4.68 Å². The molecule has 1 aromatic carbocycles. The van der Waals surface area contributed by atoms with Gasteiger partial charge in [0.2, 0.25) is 0 Å². The molecule has 0 aliphatic carbocycles. The van der Waals surface area contributed by atoms with Crippen LogP contribution in [0.2, 0.25) is 0 Å². The van der Waals surface area contributed by atoms with Crippen molar-refractivity contribution >= 4 is 17.2 Å². The molecule has 0 saturated heterocycles. The molecule has 0 bridgehead atoms. The third kappa shape index (κ3) is 3.89. The molecule has 9 nitrogen and oxygen atoms in total. The van der Waals surface area contributed by atoms with Gasteiger partial charge >= 0.3 is 6.03 Å². The summed E-state index contributed by atoms with van der Waals surface area (Å²) in [6.07, 6.45) is 7.48. The topological polar surface area (TPSA) is 94.7 Å². The summed E-state index contributed by atoms with van der Waals surface area (Å²) >= 11 is 0. The van der Waals surface area contributed by atoms with E-state index in [0.717, 1.165) is 27.8 Å². The summed E-state index contributed by atoms with van der Waals surface area (Å²) in [6, 6.07) is 7.28. The molecule has 2 N–H and O–H groups in total. The number of ether oxygens (including phenoxy) is 2. The van der Waals surface area contributed by atoms with Crippen molar-refractivity contribution in [1.82, 2.24) is 24.7 Å². The highest BCUT2D eigenvalue weighted by Crippen LogP contribution is 2.37. The number of hydrogen-bond acceptors (Lipinski definition) is 5. The first-order valence-electron chi connectivity index (χ1n) is 9.81. The molecule has 31 heavy (non-hydrogen) atoms. The lowest BCUT2D eigenvalue weighted by atomic mass is 10.0. The fraction of sp³-hybridized carbons (Fsp3) is 0.227. The minimum Gasteiger partial charge on any atom is -0.495 e. The van der Waals surface area contributed by atoms with Crippen LogP contribution < -0.4 is 20.1 Å². The number of rotatable bonds is 6. The average Bonchev–Trinajstić information content (AvgIpc) is 3.40. The van der Waals surface area contributed by atoms with Crippen LogP contribution in [0, 0.1) is 0 Å². The lowest BCUT2D eigenvalue weighted by Crippen LogP contribution is -2.28. The Bertz CT molecular complexity index is 1240. The first-order chi connectivity index (χ1) is 15.0. The summed E-state index contributed by atoms with van der Waals surface area (Å²) in [5, 5.41) is 14.3. The van der Waals surface area contributed by atoms with Crippen molar-refractivity contribution in [3.05, 3.63) is 49.1 Å². The van der Waals surface area contributed by atoms with E-state index in [0.29, 0.717) is 23.7 Å². The van der Waals surface area contributed by atoms with E-state index in [1.807, 2.05) is 50.6 Å². The molecule has 0 unspecified atom stereocenters. The van der Waals surface area contributed by atoms with E-state index in [1.165, 1.54) is 0 Å². The summed E-state index contributed by atoms with van der Waals surface area (Å²) in [7, 11) is 5.08. The maximum absolute atomic E-state index is 11.9. The Labute approximate surface area is 179 Å². The Kier molecular flexibility index (Phi) is 5.48. The highest BCUT2D eigenvalue weighted by Gasteiger charge is 2.16. The Balaban J connectivity index is 1.77. The van der Waals surface area contributed by atoms with E-state index >= 15 is 0 Å². The summed E-state index contributed by atoms with van der Waals surface area (Å²) in [5.41, 5.74) is 5.12. The van der Waals surface area contributed by atoms with Crippen LogP contribution >= 0.6 is 0 Å². The number of aryl methyl sites for hydroxylation is 1. The molecule has 3 aromatic heterocycles. The van der Waals surface area contributed by atoms with Crippen molar-refractivity contribution in [3.63, 3.8) is 0 Å². The normalized spacial score (nSPS) is 10.8. The highest BCUT2D eigenvalue weighted by molar-refractivity contribution is 5.93. The maximum atomic E-state index is 11.9. The monoisotopic (exact) mass is 420 g/mol. The molecule has 0 saturated carbocycles. The maximum Gasteiger partial charge on any atom is 0.319 e. The van der Waals surface area contributed by atoms with Gasteiger partial charge in [-0.25, -0.2) is 9.31 Å². The number of nitrogens with one attached hydrogen (secondary N) is 2. The standard InChI is InChI=1S/C22H24N6O3/c1-5-23-22(29)26-18-7-6-14(8-19(18)30-3)17-11-25-28-13-15(9-20(31-4)21(17)28)16-10-24-27(2)12-16/h6-13H,5H2,1-4H3,(H2,23,26,29). The minimum atomic E-state index is -0.283. The quantitative estimate of drug-likeness (QED) is 0.497. The van der Waals surface area contributed by atoms with Crippen LogP contribution in [-0.4, -0.2) is 46.2 Å². The largest absolute Gasteiger partial charge is 0.495 e. The second-order valence-electron chi connectivity index (χ2n) is 6.95. The van der Waals surface area contributed by atoms with Crippen LogP contribution in [0.1, 0.15) is 6.92 Å². The third-order valence-electron chi connectivity index (χ3n) is 4.93. The van der Waals surface area contributed by atoms with Gasteiger partial charge in [0.25, 0.3) is 0 Å². The van der Waals surface area contributed by atoms with E-state index in [4.69, 9.17) is 9.47 Å². The fourth-order valence-electron chi connectivity index (χ4n) is 3.47. The number of hydrogen-bond donors (Lipinski definition) is 2. The van der Waals surface area contributed by atoms with Crippen molar-refractivity contribution in [3.8, 4) is 33.8 Å². The molecule has 9 heteroatoms. The molecule has 0 aliphatic rings. The average molecular weight is 420 g/mol. The molecule has 0 aliphatic heterocycles. The summed E-state index contributed by atoms with van der Waals surface area (Å²) in [6.45, 7) is 2.40. The van der Waals surface area contributed by atoms with Crippen LogP contribution in [0.25, 0.3) is 27.8 Å². The molecule has 2 amide bonds.